The molecule has 5 nitrogen and oxygen atoms in total. The van der Waals surface area contributed by atoms with Crippen LogP contribution in [0.3, 0.4) is 0 Å². The minimum atomic E-state index is -1.09. The van der Waals surface area contributed by atoms with E-state index >= 15 is 0 Å². The van der Waals surface area contributed by atoms with Gasteiger partial charge in [-0.05, 0) is 12.0 Å². The molecular formula is C6H12O5S. The summed E-state index contributed by atoms with van der Waals surface area (Å²) in [6, 6.07) is 0. The summed E-state index contributed by atoms with van der Waals surface area (Å²) in [6.45, 7) is -0.327. The van der Waals surface area contributed by atoms with Gasteiger partial charge in [0.2, 0.25) is 0 Å². The van der Waals surface area contributed by atoms with Crippen molar-refractivity contribution >= 4 is 12.0 Å². The number of aliphatic hydroxyl groups excluding tert-OH is 3. The summed E-state index contributed by atoms with van der Waals surface area (Å²) in [6.07, 6.45) is -2.10. The lowest BCUT2D eigenvalue weighted by Gasteiger charge is -2.12. The van der Waals surface area contributed by atoms with Crippen LogP contribution in [0.5, 0.6) is 0 Å². The highest BCUT2D eigenvalue weighted by molar-refractivity contribution is 7.93. The zero-order valence-corrected chi connectivity index (χ0v) is 7.40. The average molecular weight is 196 g/mol. The maximum Gasteiger partial charge on any atom is 0.199 e. The number of hydrogen-bond donors (Lipinski definition) is 3. The fourth-order valence-electron chi connectivity index (χ4n) is 1.04. The number of hydrogen-bond acceptors (Lipinski definition) is 6. The van der Waals surface area contributed by atoms with Gasteiger partial charge in [-0.3, -0.25) is 4.18 Å². The smallest absolute Gasteiger partial charge is 0.199 e. The van der Waals surface area contributed by atoms with Crippen molar-refractivity contribution in [2.75, 3.05) is 12.9 Å². The van der Waals surface area contributed by atoms with Crippen molar-refractivity contribution in [1.82, 2.24) is 0 Å². The van der Waals surface area contributed by atoms with Crippen molar-refractivity contribution in [2.45, 2.75) is 24.6 Å². The monoisotopic (exact) mass is 196 g/mol. The molecule has 0 amide bonds. The molecule has 3 N–H and O–H groups in total. The minimum absolute atomic E-state index is 0.327. The molecule has 12 heavy (non-hydrogen) atoms. The van der Waals surface area contributed by atoms with E-state index in [9.17, 15) is 10.2 Å². The lowest BCUT2D eigenvalue weighted by atomic mass is 10.1. The molecule has 0 radical (unpaired) electrons. The van der Waals surface area contributed by atoms with E-state index in [1.807, 2.05) is 0 Å². The molecule has 1 heterocycles. The molecule has 6 heteroatoms. The second kappa shape index (κ2) is 4.40. The Morgan fingerprint density at radius 3 is 2.50 bits per heavy atom. The Bertz CT molecular complexity index is 144. The zero-order chi connectivity index (χ0) is 9.14. The maximum atomic E-state index is 9.27. The van der Waals surface area contributed by atoms with Crippen LogP contribution in [0.15, 0.2) is 0 Å². The molecule has 0 unspecified atom stereocenters. The van der Waals surface area contributed by atoms with Crippen LogP contribution in [-0.2, 0) is 8.92 Å². The molecule has 0 aliphatic carbocycles. The van der Waals surface area contributed by atoms with Crippen molar-refractivity contribution in [3.63, 3.8) is 0 Å². The van der Waals surface area contributed by atoms with Crippen molar-refractivity contribution in [2.24, 2.45) is 0 Å². The van der Waals surface area contributed by atoms with Crippen LogP contribution in [0.4, 0.5) is 0 Å². The second-order valence-electron chi connectivity index (χ2n) is 2.47. The second-order valence-corrected chi connectivity index (χ2v) is 3.00. The van der Waals surface area contributed by atoms with Crippen LogP contribution in [0.25, 0.3) is 0 Å². The Labute approximate surface area is 74.5 Å². The van der Waals surface area contributed by atoms with Crippen molar-refractivity contribution in [3.8, 4) is 0 Å². The molecule has 0 spiro atoms. The first-order valence-corrected chi connectivity index (χ1v) is 4.67. The summed E-state index contributed by atoms with van der Waals surface area (Å²) in [5.74, 6) is 0. The van der Waals surface area contributed by atoms with E-state index in [1.54, 1.807) is 6.26 Å². The summed E-state index contributed by atoms with van der Waals surface area (Å²) in [7, 11) is 0. The summed E-state index contributed by atoms with van der Waals surface area (Å²) in [4.78, 5) is 0. The Morgan fingerprint density at radius 1 is 1.42 bits per heavy atom. The van der Waals surface area contributed by atoms with Gasteiger partial charge in [-0.15, -0.1) is 0 Å². The van der Waals surface area contributed by atoms with Gasteiger partial charge < -0.3 is 20.1 Å². The minimum Gasteiger partial charge on any atom is -0.394 e. The fourth-order valence-corrected chi connectivity index (χ4v) is 1.39. The van der Waals surface area contributed by atoms with E-state index < -0.39 is 24.6 Å². The topological polar surface area (TPSA) is 79.2 Å². The zero-order valence-electron chi connectivity index (χ0n) is 6.58. The van der Waals surface area contributed by atoms with Crippen LogP contribution in [0.1, 0.15) is 0 Å². The number of rotatable bonds is 3. The van der Waals surface area contributed by atoms with E-state index in [-0.39, 0.29) is 6.61 Å². The first kappa shape index (κ1) is 10.2. The lowest BCUT2D eigenvalue weighted by molar-refractivity contribution is -0.107. The molecule has 1 fully saturated rings. The molecule has 1 rings (SSSR count). The SMILES string of the molecule is CSO[C@@H]1O[C@H](CO)[C@H](O)[C@H]1O. The summed E-state index contributed by atoms with van der Waals surface area (Å²) in [5, 5.41) is 27.2. The predicted octanol–water partition coefficient (Wildman–Crippen LogP) is -1.28. The van der Waals surface area contributed by atoms with Gasteiger partial charge in [0.05, 0.1) is 6.61 Å². The first-order valence-electron chi connectivity index (χ1n) is 3.52. The molecule has 1 aliphatic heterocycles. The van der Waals surface area contributed by atoms with Crippen LogP contribution in [0, 0.1) is 0 Å². The van der Waals surface area contributed by atoms with Crippen molar-refractivity contribution in [1.29, 1.82) is 0 Å². The standard InChI is InChI=1S/C6H12O5S/c1-12-11-6-5(9)4(8)3(2-7)10-6/h3-9H,2H2,1H3/t3-,4+,5-,6+/m1/s1. The van der Waals surface area contributed by atoms with Gasteiger partial charge in [-0.25, -0.2) is 0 Å². The summed E-state index contributed by atoms with van der Waals surface area (Å²) < 4.78 is 9.87. The molecule has 0 saturated carbocycles. The Kier molecular flexibility index (Phi) is 3.76. The number of ether oxygens (including phenoxy) is 1. The quantitative estimate of drug-likeness (QED) is 0.488. The molecule has 1 aliphatic rings. The highest BCUT2D eigenvalue weighted by Crippen LogP contribution is 2.24. The molecular weight excluding hydrogens is 184 g/mol. The van der Waals surface area contributed by atoms with Crippen LogP contribution < -0.4 is 0 Å². The van der Waals surface area contributed by atoms with Crippen LogP contribution in [-0.4, -0.2) is 52.8 Å². The lowest BCUT2D eigenvalue weighted by Crippen LogP contribution is -2.34. The van der Waals surface area contributed by atoms with Crippen molar-refractivity contribution in [3.05, 3.63) is 0 Å². The van der Waals surface area contributed by atoms with Gasteiger partial charge in [0, 0.05) is 6.26 Å². The summed E-state index contributed by atoms with van der Waals surface area (Å²) in [5.41, 5.74) is 0. The van der Waals surface area contributed by atoms with E-state index in [0.29, 0.717) is 0 Å². The van der Waals surface area contributed by atoms with Crippen LogP contribution in [0.2, 0.25) is 0 Å². The van der Waals surface area contributed by atoms with Gasteiger partial charge in [0.25, 0.3) is 0 Å². The average Bonchev–Trinajstić information content (AvgIpc) is 2.33. The van der Waals surface area contributed by atoms with E-state index in [1.165, 1.54) is 0 Å². The third kappa shape index (κ3) is 1.90. The van der Waals surface area contributed by atoms with E-state index in [4.69, 9.17) is 14.0 Å². The number of aliphatic hydroxyl groups is 3. The molecule has 72 valence electrons. The van der Waals surface area contributed by atoms with Crippen LogP contribution >= 0.6 is 12.0 Å². The van der Waals surface area contributed by atoms with Gasteiger partial charge in [0.15, 0.2) is 6.29 Å². The molecule has 0 aromatic carbocycles. The van der Waals surface area contributed by atoms with Gasteiger partial charge in [-0.2, -0.15) is 0 Å². The third-order valence-electron chi connectivity index (χ3n) is 1.69. The molecule has 0 bridgehead atoms. The third-order valence-corrected chi connectivity index (χ3v) is 2.07. The van der Waals surface area contributed by atoms with E-state index in [0.717, 1.165) is 12.0 Å². The largest absolute Gasteiger partial charge is 0.394 e. The Balaban J connectivity index is 2.48. The van der Waals surface area contributed by atoms with E-state index in [2.05, 4.69) is 0 Å². The maximum absolute atomic E-state index is 9.27. The molecule has 1 saturated heterocycles. The fraction of sp³-hybridized carbons (Fsp3) is 1.00. The molecule has 4 atom stereocenters. The normalized spacial score (nSPS) is 42.0. The summed E-state index contributed by atoms with van der Waals surface area (Å²) >= 11 is 1.04. The predicted molar refractivity (Wildman–Crippen MR) is 42.4 cm³/mol. The van der Waals surface area contributed by atoms with Gasteiger partial charge >= 0.3 is 0 Å². The van der Waals surface area contributed by atoms with Gasteiger partial charge in [0.1, 0.15) is 18.3 Å². The van der Waals surface area contributed by atoms with Crippen molar-refractivity contribution < 1.29 is 24.2 Å². The first-order chi connectivity index (χ1) is 5.70. The van der Waals surface area contributed by atoms with Gasteiger partial charge in [-0.1, -0.05) is 0 Å². The molecule has 0 aromatic heterocycles. The Hall–Kier alpha value is 0.150. The highest BCUT2D eigenvalue weighted by atomic mass is 32.2. The molecule has 0 aromatic rings. The Morgan fingerprint density at radius 2 is 2.08 bits per heavy atom. The highest BCUT2D eigenvalue weighted by Gasteiger charge is 2.43.